The van der Waals surface area contributed by atoms with Crippen LogP contribution >= 0.6 is 0 Å². The highest BCUT2D eigenvalue weighted by atomic mass is 15.1. The maximum absolute atomic E-state index is 4.22. The lowest BCUT2D eigenvalue weighted by Gasteiger charge is -2.23. The molecule has 0 aliphatic carbocycles. The summed E-state index contributed by atoms with van der Waals surface area (Å²) in [4.78, 5) is 4.22. The summed E-state index contributed by atoms with van der Waals surface area (Å²) in [6.45, 7) is 4.37. The van der Waals surface area contributed by atoms with E-state index in [1.807, 2.05) is 6.20 Å². The molecule has 0 bridgehead atoms. The fraction of sp³-hybridized carbons (Fsp3) is 0.727. The van der Waals surface area contributed by atoms with Gasteiger partial charge >= 0.3 is 0 Å². The Kier molecular flexibility index (Phi) is 3.19. The van der Waals surface area contributed by atoms with Gasteiger partial charge in [0, 0.05) is 25.0 Å². The Bertz CT molecular complexity index is 274. The van der Waals surface area contributed by atoms with E-state index in [0.29, 0.717) is 0 Å². The summed E-state index contributed by atoms with van der Waals surface area (Å²) in [5, 5.41) is 3.57. The van der Waals surface area contributed by atoms with Crippen molar-refractivity contribution in [2.24, 2.45) is 0 Å². The average molecular weight is 193 g/mol. The quantitative estimate of drug-likeness (QED) is 0.792. The van der Waals surface area contributed by atoms with Crippen LogP contribution in [-0.4, -0.2) is 22.1 Å². The van der Waals surface area contributed by atoms with E-state index in [1.165, 1.54) is 32.2 Å². The van der Waals surface area contributed by atoms with Crippen LogP contribution in [0.3, 0.4) is 0 Å². The van der Waals surface area contributed by atoms with E-state index < -0.39 is 0 Å². The van der Waals surface area contributed by atoms with Crippen LogP contribution in [0, 0.1) is 6.92 Å². The Hall–Kier alpha value is -0.830. The smallest absolute Gasteiger partial charge is 0.105 e. The van der Waals surface area contributed by atoms with Crippen LogP contribution in [0.2, 0.25) is 0 Å². The van der Waals surface area contributed by atoms with Crippen LogP contribution in [0.5, 0.6) is 0 Å². The molecular formula is C11H19N3. The molecule has 1 aliphatic rings. The highest BCUT2D eigenvalue weighted by Crippen LogP contribution is 2.11. The molecule has 3 heteroatoms. The minimum atomic E-state index is 0.727. The topological polar surface area (TPSA) is 29.9 Å². The van der Waals surface area contributed by atoms with E-state index in [1.54, 1.807) is 0 Å². The molecule has 0 saturated carbocycles. The summed E-state index contributed by atoms with van der Waals surface area (Å²) < 4.78 is 2.23. The van der Waals surface area contributed by atoms with Crippen LogP contribution in [0.15, 0.2) is 12.4 Å². The lowest BCUT2D eigenvalue weighted by molar-refractivity contribution is 0.365. The molecule has 1 unspecified atom stereocenters. The Morgan fingerprint density at radius 3 is 3.14 bits per heavy atom. The molecule has 3 nitrogen and oxygen atoms in total. The third-order valence-electron chi connectivity index (χ3n) is 3.05. The Morgan fingerprint density at radius 1 is 1.57 bits per heavy atom. The molecule has 0 spiro atoms. The number of hydrogen-bond acceptors (Lipinski definition) is 2. The predicted octanol–water partition coefficient (Wildman–Crippen LogP) is 1.72. The fourth-order valence-corrected chi connectivity index (χ4v) is 2.11. The normalized spacial score (nSPS) is 22.5. The molecule has 1 aromatic heterocycles. The third-order valence-corrected chi connectivity index (χ3v) is 3.05. The maximum Gasteiger partial charge on any atom is 0.105 e. The van der Waals surface area contributed by atoms with E-state index >= 15 is 0 Å². The lowest BCUT2D eigenvalue weighted by Crippen LogP contribution is -2.34. The molecular weight excluding hydrogens is 174 g/mol. The zero-order valence-electron chi connectivity index (χ0n) is 8.87. The summed E-state index contributed by atoms with van der Waals surface area (Å²) in [6.07, 6.45) is 9.26. The van der Waals surface area contributed by atoms with Gasteiger partial charge in [0.05, 0.1) is 0 Å². The number of aromatic nitrogens is 2. The second-order valence-electron chi connectivity index (χ2n) is 4.10. The molecule has 14 heavy (non-hydrogen) atoms. The highest BCUT2D eigenvalue weighted by molar-refractivity contribution is 4.88. The first-order chi connectivity index (χ1) is 6.86. The molecule has 0 radical (unpaired) electrons. The van der Waals surface area contributed by atoms with Gasteiger partial charge in [0.25, 0.3) is 0 Å². The van der Waals surface area contributed by atoms with Crippen molar-refractivity contribution < 1.29 is 0 Å². The first-order valence-corrected chi connectivity index (χ1v) is 5.57. The summed E-state index contributed by atoms with van der Waals surface area (Å²) in [7, 11) is 0. The standard InChI is InChI=1S/C11H19N3/c1-10-12-7-9-14(10)8-5-11-4-2-3-6-13-11/h7,9,11,13H,2-6,8H2,1H3. The predicted molar refractivity (Wildman–Crippen MR) is 57.2 cm³/mol. The van der Waals surface area contributed by atoms with Gasteiger partial charge in [-0.05, 0) is 32.7 Å². The molecule has 78 valence electrons. The largest absolute Gasteiger partial charge is 0.335 e. The molecule has 0 aromatic carbocycles. The summed E-state index contributed by atoms with van der Waals surface area (Å²) in [6, 6.07) is 0.727. The van der Waals surface area contributed by atoms with Crippen LogP contribution < -0.4 is 5.32 Å². The number of hydrogen-bond donors (Lipinski definition) is 1. The van der Waals surface area contributed by atoms with Crippen molar-refractivity contribution in [2.75, 3.05) is 6.54 Å². The number of nitrogens with one attached hydrogen (secondary N) is 1. The second kappa shape index (κ2) is 4.60. The van der Waals surface area contributed by atoms with Gasteiger partial charge in [-0.2, -0.15) is 0 Å². The van der Waals surface area contributed by atoms with Crippen LogP contribution in [0.25, 0.3) is 0 Å². The van der Waals surface area contributed by atoms with Gasteiger partial charge in [0.15, 0.2) is 0 Å². The van der Waals surface area contributed by atoms with Gasteiger partial charge in [-0.25, -0.2) is 4.98 Å². The Labute approximate surface area is 85.5 Å². The lowest BCUT2D eigenvalue weighted by atomic mass is 10.0. The third kappa shape index (κ3) is 2.35. The van der Waals surface area contributed by atoms with Crippen molar-refractivity contribution in [2.45, 2.75) is 45.2 Å². The molecule has 1 aliphatic heterocycles. The van der Waals surface area contributed by atoms with Crippen LogP contribution in [0.4, 0.5) is 0 Å². The van der Waals surface area contributed by atoms with E-state index in [9.17, 15) is 0 Å². The molecule has 0 amide bonds. The minimum Gasteiger partial charge on any atom is -0.335 e. The molecule has 1 saturated heterocycles. The molecule has 1 aromatic rings. The van der Waals surface area contributed by atoms with Crippen molar-refractivity contribution in [1.82, 2.24) is 14.9 Å². The van der Waals surface area contributed by atoms with E-state index in [4.69, 9.17) is 0 Å². The zero-order valence-corrected chi connectivity index (χ0v) is 8.87. The monoisotopic (exact) mass is 193 g/mol. The minimum absolute atomic E-state index is 0.727. The Morgan fingerprint density at radius 2 is 2.50 bits per heavy atom. The number of imidazole rings is 1. The fourth-order valence-electron chi connectivity index (χ4n) is 2.11. The number of nitrogens with zero attached hydrogens (tertiary/aromatic N) is 2. The zero-order chi connectivity index (χ0) is 9.80. The van der Waals surface area contributed by atoms with Gasteiger partial charge < -0.3 is 9.88 Å². The highest BCUT2D eigenvalue weighted by Gasteiger charge is 2.12. The van der Waals surface area contributed by atoms with E-state index in [0.717, 1.165) is 18.4 Å². The second-order valence-corrected chi connectivity index (χ2v) is 4.10. The van der Waals surface area contributed by atoms with Gasteiger partial charge in [-0.15, -0.1) is 0 Å². The number of rotatable bonds is 3. The molecule has 2 heterocycles. The molecule has 1 atom stereocenters. The Balaban J connectivity index is 1.79. The summed E-state index contributed by atoms with van der Waals surface area (Å²) in [5.74, 6) is 1.13. The van der Waals surface area contributed by atoms with Crippen molar-refractivity contribution in [3.63, 3.8) is 0 Å². The summed E-state index contributed by atoms with van der Waals surface area (Å²) in [5.41, 5.74) is 0. The molecule has 2 rings (SSSR count). The van der Waals surface area contributed by atoms with E-state index in [-0.39, 0.29) is 0 Å². The first-order valence-electron chi connectivity index (χ1n) is 5.57. The van der Waals surface area contributed by atoms with Gasteiger partial charge in [-0.1, -0.05) is 6.42 Å². The number of piperidine rings is 1. The maximum atomic E-state index is 4.22. The summed E-state index contributed by atoms with van der Waals surface area (Å²) >= 11 is 0. The molecule has 1 fully saturated rings. The average Bonchev–Trinajstić information content (AvgIpc) is 2.63. The van der Waals surface area contributed by atoms with Crippen molar-refractivity contribution in [1.29, 1.82) is 0 Å². The molecule has 1 N–H and O–H groups in total. The van der Waals surface area contributed by atoms with E-state index in [2.05, 4.69) is 28.0 Å². The first kappa shape index (κ1) is 9.71. The number of aryl methyl sites for hydroxylation is 2. The van der Waals surface area contributed by atoms with Gasteiger partial charge in [-0.3, -0.25) is 0 Å². The van der Waals surface area contributed by atoms with Gasteiger partial charge in [0.1, 0.15) is 5.82 Å². The van der Waals surface area contributed by atoms with Crippen molar-refractivity contribution in [3.8, 4) is 0 Å². The van der Waals surface area contributed by atoms with Crippen LogP contribution in [-0.2, 0) is 6.54 Å². The van der Waals surface area contributed by atoms with Gasteiger partial charge in [0.2, 0.25) is 0 Å². The van der Waals surface area contributed by atoms with Crippen molar-refractivity contribution in [3.05, 3.63) is 18.2 Å². The SMILES string of the molecule is Cc1nccn1CCC1CCCCN1. The van der Waals surface area contributed by atoms with Crippen molar-refractivity contribution >= 4 is 0 Å². The van der Waals surface area contributed by atoms with Crippen LogP contribution in [0.1, 0.15) is 31.5 Å².